The summed E-state index contributed by atoms with van der Waals surface area (Å²) in [5.74, 6) is 1.34. The van der Waals surface area contributed by atoms with Crippen LogP contribution < -0.4 is 0 Å². The van der Waals surface area contributed by atoms with Crippen LogP contribution in [-0.4, -0.2) is 11.2 Å². The molecule has 0 aliphatic heterocycles. The zero-order valence-electron chi connectivity index (χ0n) is 7.30. The third kappa shape index (κ3) is 0.750. The van der Waals surface area contributed by atoms with E-state index in [1.54, 1.807) is 0 Å². The van der Waals surface area contributed by atoms with Gasteiger partial charge in [0.1, 0.15) is 0 Å². The Labute approximate surface area is 68.1 Å². The predicted molar refractivity (Wildman–Crippen MR) is 45.1 cm³/mol. The molecule has 0 heterocycles. The Morgan fingerprint density at radius 1 is 1.45 bits per heavy atom. The lowest BCUT2D eigenvalue weighted by molar-refractivity contribution is -0.0705. The SMILES string of the molecule is C=C1[C@H](O)C[C@@H]2C[C@H]1C2(C)C. The van der Waals surface area contributed by atoms with Crippen molar-refractivity contribution in [2.24, 2.45) is 17.3 Å². The number of hydrogen-bond acceptors (Lipinski definition) is 1. The van der Waals surface area contributed by atoms with E-state index in [9.17, 15) is 5.11 Å². The van der Waals surface area contributed by atoms with E-state index in [4.69, 9.17) is 0 Å². The number of aliphatic hydroxyl groups excluding tert-OH is 1. The number of fused-ring (bicyclic) bond motifs is 2. The second kappa shape index (κ2) is 1.89. The smallest absolute Gasteiger partial charge is 0.0753 e. The van der Waals surface area contributed by atoms with Gasteiger partial charge in [-0.15, -0.1) is 0 Å². The second-order valence-electron chi connectivity index (χ2n) is 4.63. The van der Waals surface area contributed by atoms with Gasteiger partial charge in [-0.05, 0) is 35.7 Å². The average molecular weight is 152 g/mol. The van der Waals surface area contributed by atoms with Crippen molar-refractivity contribution in [1.29, 1.82) is 0 Å². The van der Waals surface area contributed by atoms with E-state index in [2.05, 4.69) is 20.4 Å². The number of rotatable bonds is 0. The molecule has 0 aromatic carbocycles. The maximum Gasteiger partial charge on any atom is 0.0753 e. The fraction of sp³-hybridized carbons (Fsp3) is 0.800. The summed E-state index contributed by atoms with van der Waals surface area (Å²) < 4.78 is 0. The highest BCUT2D eigenvalue weighted by Gasteiger charge is 2.54. The molecule has 0 radical (unpaired) electrons. The number of aliphatic hydroxyl groups is 1. The average Bonchev–Trinajstić information content (AvgIpc) is 1.93. The molecule has 3 atom stereocenters. The van der Waals surface area contributed by atoms with Crippen molar-refractivity contribution >= 4 is 0 Å². The third-order valence-electron chi connectivity index (χ3n) is 3.85. The maximum atomic E-state index is 9.51. The summed E-state index contributed by atoms with van der Waals surface area (Å²) in [7, 11) is 0. The molecule has 1 nitrogen and oxygen atoms in total. The van der Waals surface area contributed by atoms with Crippen molar-refractivity contribution in [2.45, 2.75) is 32.8 Å². The van der Waals surface area contributed by atoms with Crippen LogP contribution in [0.2, 0.25) is 0 Å². The van der Waals surface area contributed by atoms with Crippen molar-refractivity contribution in [1.82, 2.24) is 0 Å². The summed E-state index contributed by atoms with van der Waals surface area (Å²) in [6.07, 6.45) is 2.01. The molecule has 0 spiro atoms. The Bertz CT molecular complexity index is 205. The first-order valence-electron chi connectivity index (χ1n) is 4.40. The lowest BCUT2D eigenvalue weighted by atomic mass is 9.47. The minimum atomic E-state index is -0.202. The summed E-state index contributed by atoms with van der Waals surface area (Å²) in [6, 6.07) is 0. The predicted octanol–water partition coefficient (Wildman–Crippen LogP) is 1.97. The highest BCUT2D eigenvalue weighted by atomic mass is 16.3. The van der Waals surface area contributed by atoms with E-state index in [1.807, 2.05) is 0 Å². The van der Waals surface area contributed by atoms with Gasteiger partial charge in [-0.1, -0.05) is 20.4 Å². The molecular formula is C10H16O. The molecule has 3 aliphatic rings. The van der Waals surface area contributed by atoms with Gasteiger partial charge in [0.05, 0.1) is 6.10 Å². The van der Waals surface area contributed by atoms with E-state index < -0.39 is 0 Å². The van der Waals surface area contributed by atoms with Crippen LogP contribution in [0, 0.1) is 17.3 Å². The highest BCUT2D eigenvalue weighted by Crippen LogP contribution is 2.60. The van der Waals surface area contributed by atoms with Crippen molar-refractivity contribution in [3.63, 3.8) is 0 Å². The summed E-state index contributed by atoms with van der Waals surface area (Å²) in [6.45, 7) is 8.55. The first-order chi connectivity index (χ1) is 5.03. The fourth-order valence-electron chi connectivity index (χ4n) is 2.70. The molecule has 3 fully saturated rings. The van der Waals surface area contributed by atoms with Crippen LogP contribution >= 0.6 is 0 Å². The van der Waals surface area contributed by atoms with E-state index in [-0.39, 0.29) is 6.10 Å². The van der Waals surface area contributed by atoms with E-state index >= 15 is 0 Å². The van der Waals surface area contributed by atoms with Crippen LogP contribution in [0.1, 0.15) is 26.7 Å². The Morgan fingerprint density at radius 2 is 2.09 bits per heavy atom. The summed E-state index contributed by atoms with van der Waals surface area (Å²) in [4.78, 5) is 0. The lowest BCUT2D eigenvalue weighted by Gasteiger charge is -2.59. The van der Waals surface area contributed by atoms with Crippen molar-refractivity contribution in [2.75, 3.05) is 0 Å². The Hall–Kier alpha value is -0.300. The van der Waals surface area contributed by atoms with Crippen LogP contribution in [0.5, 0.6) is 0 Å². The van der Waals surface area contributed by atoms with Gasteiger partial charge in [0.2, 0.25) is 0 Å². The molecule has 62 valence electrons. The highest BCUT2D eigenvalue weighted by molar-refractivity contribution is 5.22. The van der Waals surface area contributed by atoms with Gasteiger partial charge >= 0.3 is 0 Å². The molecule has 0 aromatic heterocycles. The summed E-state index contributed by atoms with van der Waals surface area (Å²) in [5.41, 5.74) is 1.51. The molecule has 0 unspecified atom stereocenters. The minimum Gasteiger partial charge on any atom is -0.389 e. The minimum absolute atomic E-state index is 0.202. The van der Waals surface area contributed by atoms with Gasteiger partial charge in [-0.2, -0.15) is 0 Å². The summed E-state index contributed by atoms with van der Waals surface area (Å²) in [5, 5.41) is 9.51. The zero-order valence-corrected chi connectivity index (χ0v) is 7.30. The molecule has 3 rings (SSSR count). The topological polar surface area (TPSA) is 20.2 Å². The van der Waals surface area contributed by atoms with Gasteiger partial charge in [0, 0.05) is 0 Å². The largest absolute Gasteiger partial charge is 0.389 e. The Balaban J connectivity index is 2.23. The van der Waals surface area contributed by atoms with Crippen molar-refractivity contribution in [3.05, 3.63) is 12.2 Å². The van der Waals surface area contributed by atoms with Gasteiger partial charge in [-0.25, -0.2) is 0 Å². The number of hydrogen-bond donors (Lipinski definition) is 1. The monoisotopic (exact) mass is 152 g/mol. The van der Waals surface area contributed by atoms with E-state index in [1.165, 1.54) is 6.42 Å². The van der Waals surface area contributed by atoms with Crippen LogP contribution in [0.4, 0.5) is 0 Å². The Morgan fingerprint density at radius 3 is 2.45 bits per heavy atom. The normalized spacial score (nSPS) is 46.8. The molecule has 1 N–H and O–H groups in total. The Kier molecular flexibility index (Phi) is 1.26. The molecule has 2 bridgehead atoms. The quantitative estimate of drug-likeness (QED) is 0.526. The van der Waals surface area contributed by atoms with E-state index in [0.29, 0.717) is 11.3 Å². The molecule has 0 aromatic rings. The van der Waals surface area contributed by atoms with Crippen molar-refractivity contribution in [3.8, 4) is 0 Å². The fourth-order valence-corrected chi connectivity index (χ4v) is 2.70. The second-order valence-corrected chi connectivity index (χ2v) is 4.63. The van der Waals surface area contributed by atoms with Crippen LogP contribution in [-0.2, 0) is 0 Å². The van der Waals surface area contributed by atoms with E-state index in [0.717, 1.165) is 17.9 Å². The first kappa shape index (κ1) is 7.35. The first-order valence-corrected chi connectivity index (χ1v) is 4.40. The molecule has 0 amide bonds. The molecule has 3 saturated carbocycles. The van der Waals surface area contributed by atoms with Gasteiger partial charge in [0.15, 0.2) is 0 Å². The van der Waals surface area contributed by atoms with Crippen LogP contribution in [0.3, 0.4) is 0 Å². The standard InChI is InChI=1S/C10H16O/c1-6-8-4-7(5-9(6)11)10(8,2)3/h7-9,11H,1,4-5H2,2-3H3/t7-,8+,9+/m0/s1. The van der Waals surface area contributed by atoms with Crippen molar-refractivity contribution < 1.29 is 5.11 Å². The van der Waals surface area contributed by atoms with Gasteiger partial charge in [0.25, 0.3) is 0 Å². The maximum absolute atomic E-state index is 9.51. The van der Waals surface area contributed by atoms with Gasteiger partial charge in [-0.3, -0.25) is 0 Å². The van der Waals surface area contributed by atoms with Crippen LogP contribution in [0.25, 0.3) is 0 Å². The zero-order chi connectivity index (χ0) is 8.22. The molecule has 0 saturated heterocycles. The van der Waals surface area contributed by atoms with Crippen LogP contribution in [0.15, 0.2) is 12.2 Å². The third-order valence-corrected chi connectivity index (χ3v) is 3.85. The molecule has 1 heteroatoms. The summed E-state index contributed by atoms with van der Waals surface area (Å²) >= 11 is 0. The molecule has 3 aliphatic carbocycles. The molecule has 11 heavy (non-hydrogen) atoms. The lowest BCUT2D eigenvalue weighted by Crippen LogP contribution is -2.53. The molecular weight excluding hydrogens is 136 g/mol. The van der Waals surface area contributed by atoms with Gasteiger partial charge < -0.3 is 5.11 Å².